The minimum absolute atomic E-state index is 0.229. The van der Waals surface area contributed by atoms with E-state index >= 15 is 0 Å². The van der Waals surface area contributed by atoms with E-state index in [1.165, 1.54) is 32.0 Å². The first-order valence-electron chi connectivity index (χ1n) is 5.34. The van der Waals surface area contributed by atoms with Gasteiger partial charge in [-0.2, -0.15) is 0 Å². The van der Waals surface area contributed by atoms with E-state index < -0.39 is 20.5 Å². The average Bonchev–Trinajstić information content (AvgIpc) is 2.24. The van der Waals surface area contributed by atoms with Crippen LogP contribution in [0.3, 0.4) is 0 Å². The number of halogens is 5. The molecular formula is C12H10BrCl4NO2. The quantitative estimate of drug-likeness (QED) is 0.722. The number of benzene rings is 1. The number of rotatable bonds is 4. The molecule has 1 amide bonds. The van der Waals surface area contributed by atoms with Gasteiger partial charge >= 0.3 is 0 Å². The van der Waals surface area contributed by atoms with Gasteiger partial charge in [0.05, 0.1) is 5.54 Å². The number of amides is 1. The number of alkyl halides is 3. The number of Topliss-reactive ketones (excluding diaryl/α,β-unsaturated/α-hetero) is 1. The smallest absolute Gasteiger partial charge is 0.252 e. The summed E-state index contributed by atoms with van der Waals surface area (Å²) in [5.41, 5.74) is -1.05. The van der Waals surface area contributed by atoms with Gasteiger partial charge in [-0.25, -0.2) is 0 Å². The molecule has 0 aliphatic heterocycles. The van der Waals surface area contributed by atoms with Crippen molar-refractivity contribution in [3.8, 4) is 0 Å². The van der Waals surface area contributed by atoms with Crippen molar-refractivity contribution >= 4 is 74.0 Å². The lowest BCUT2D eigenvalue weighted by atomic mass is 9.99. The van der Waals surface area contributed by atoms with Crippen molar-refractivity contribution in [2.75, 3.05) is 0 Å². The zero-order chi connectivity index (χ0) is 15.7. The Kier molecular flexibility index (Phi) is 5.78. The van der Waals surface area contributed by atoms with Gasteiger partial charge in [-0.15, -0.1) is 0 Å². The maximum absolute atomic E-state index is 12.1. The number of hydrogen-bond acceptors (Lipinski definition) is 2. The second-order valence-electron chi connectivity index (χ2n) is 4.56. The average molecular weight is 422 g/mol. The summed E-state index contributed by atoms with van der Waals surface area (Å²) >= 11 is 25.9. The van der Waals surface area contributed by atoms with Gasteiger partial charge < -0.3 is 5.32 Å². The molecule has 0 aromatic heterocycles. The first-order valence-corrected chi connectivity index (χ1v) is 7.64. The van der Waals surface area contributed by atoms with Crippen molar-refractivity contribution in [2.24, 2.45) is 0 Å². The molecule has 0 saturated carbocycles. The Morgan fingerprint density at radius 1 is 1.10 bits per heavy atom. The number of nitrogens with one attached hydrogen (secondary N) is 1. The number of hydrogen-bond donors (Lipinski definition) is 1. The minimum atomic E-state index is -1.78. The monoisotopic (exact) mass is 419 g/mol. The third-order valence-corrected chi connectivity index (χ3v) is 3.52. The Hall–Kier alpha value is -0.0000000000000000555. The summed E-state index contributed by atoms with van der Waals surface area (Å²) in [4.78, 5) is 24.1. The topological polar surface area (TPSA) is 46.2 Å². The summed E-state index contributed by atoms with van der Waals surface area (Å²) in [6.07, 6.45) is 0. The summed E-state index contributed by atoms with van der Waals surface area (Å²) in [6.45, 7) is 2.97. The van der Waals surface area contributed by atoms with Crippen molar-refractivity contribution in [2.45, 2.75) is 22.6 Å². The van der Waals surface area contributed by atoms with E-state index in [1.54, 1.807) is 0 Å². The van der Waals surface area contributed by atoms with Gasteiger partial charge in [0, 0.05) is 15.6 Å². The molecular weight excluding hydrogens is 412 g/mol. The lowest BCUT2D eigenvalue weighted by Gasteiger charge is -2.28. The first kappa shape index (κ1) is 18.1. The number of carbonyl (C=O) groups excluding carboxylic acids is 2. The summed E-state index contributed by atoms with van der Waals surface area (Å²) in [6, 6.07) is 4.37. The zero-order valence-electron chi connectivity index (χ0n) is 10.4. The van der Waals surface area contributed by atoms with Crippen LogP contribution in [0.4, 0.5) is 0 Å². The van der Waals surface area contributed by atoms with E-state index in [1.807, 2.05) is 0 Å². The predicted molar refractivity (Wildman–Crippen MR) is 86.4 cm³/mol. The van der Waals surface area contributed by atoms with E-state index in [2.05, 4.69) is 21.2 Å². The highest BCUT2D eigenvalue weighted by atomic mass is 79.9. The molecule has 8 heteroatoms. The first-order chi connectivity index (χ1) is 8.93. The third kappa shape index (κ3) is 4.78. The SMILES string of the molecule is CC(C)(NC(=O)c1cc(Cl)cc(Cl)c1)C(=O)C(Cl)(Cl)Br. The van der Waals surface area contributed by atoms with Crippen LogP contribution in [0.1, 0.15) is 24.2 Å². The summed E-state index contributed by atoms with van der Waals surface area (Å²) in [7, 11) is 0. The molecule has 1 N–H and O–H groups in total. The lowest BCUT2D eigenvalue weighted by Crippen LogP contribution is -2.53. The molecule has 0 saturated heterocycles. The highest BCUT2D eigenvalue weighted by Crippen LogP contribution is 2.33. The maximum Gasteiger partial charge on any atom is 0.252 e. The highest BCUT2D eigenvalue weighted by Gasteiger charge is 2.42. The maximum atomic E-state index is 12.1. The number of carbonyl (C=O) groups is 2. The molecule has 1 rings (SSSR count). The largest absolute Gasteiger partial charge is 0.340 e. The molecule has 3 nitrogen and oxygen atoms in total. The Morgan fingerprint density at radius 2 is 1.55 bits per heavy atom. The summed E-state index contributed by atoms with van der Waals surface area (Å²) in [5, 5.41) is 3.16. The highest BCUT2D eigenvalue weighted by molar-refractivity contribution is 9.11. The molecule has 0 unspecified atom stereocenters. The van der Waals surface area contributed by atoms with Crippen LogP contribution < -0.4 is 5.32 Å². The Balaban J connectivity index is 2.97. The van der Waals surface area contributed by atoms with Gasteiger partial charge in [0.2, 0.25) is 9.03 Å². The molecule has 1 aromatic carbocycles. The van der Waals surface area contributed by atoms with Crippen LogP contribution in [-0.2, 0) is 4.79 Å². The molecule has 0 atom stereocenters. The molecule has 110 valence electrons. The van der Waals surface area contributed by atoms with Crippen LogP contribution in [0, 0.1) is 0 Å². The van der Waals surface area contributed by atoms with Crippen LogP contribution in [0.25, 0.3) is 0 Å². The predicted octanol–water partition coefficient (Wildman–Crippen LogP) is 4.60. The van der Waals surface area contributed by atoms with Gasteiger partial charge in [0.25, 0.3) is 5.91 Å². The molecule has 0 fully saturated rings. The van der Waals surface area contributed by atoms with Gasteiger partial charge in [0.1, 0.15) is 0 Å². The minimum Gasteiger partial charge on any atom is -0.340 e. The number of ketones is 1. The molecule has 0 heterocycles. The molecule has 1 aromatic rings. The molecule has 20 heavy (non-hydrogen) atoms. The van der Waals surface area contributed by atoms with Gasteiger partial charge in [-0.3, -0.25) is 9.59 Å². The zero-order valence-corrected chi connectivity index (χ0v) is 15.0. The molecule has 0 aliphatic rings. The van der Waals surface area contributed by atoms with Crippen molar-refractivity contribution in [3.63, 3.8) is 0 Å². The van der Waals surface area contributed by atoms with E-state index in [-0.39, 0.29) is 5.56 Å². The van der Waals surface area contributed by atoms with Crippen molar-refractivity contribution in [1.29, 1.82) is 0 Å². The van der Waals surface area contributed by atoms with E-state index in [4.69, 9.17) is 46.4 Å². The Bertz CT molecular complexity index is 535. The van der Waals surface area contributed by atoms with Crippen LogP contribution in [0.15, 0.2) is 18.2 Å². The second-order valence-corrected chi connectivity index (χ2v) is 8.87. The van der Waals surface area contributed by atoms with Crippen LogP contribution in [0.5, 0.6) is 0 Å². The van der Waals surface area contributed by atoms with Crippen LogP contribution in [-0.4, -0.2) is 20.5 Å². The second kappa shape index (κ2) is 6.41. The Morgan fingerprint density at radius 3 is 1.95 bits per heavy atom. The van der Waals surface area contributed by atoms with E-state index in [0.717, 1.165) is 0 Å². The molecule has 0 spiro atoms. The van der Waals surface area contributed by atoms with Gasteiger partial charge in [0.15, 0.2) is 0 Å². The van der Waals surface area contributed by atoms with E-state index in [0.29, 0.717) is 10.0 Å². The third-order valence-electron chi connectivity index (χ3n) is 2.38. The Labute approximate surface area is 145 Å². The fraction of sp³-hybridized carbons (Fsp3) is 0.333. The van der Waals surface area contributed by atoms with Gasteiger partial charge in [-0.05, 0) is 48.0 Å². The normalized spacial score (nSPS) is 12.2. The lowest BCUT2D eigenvalue weighted by molar-refractivity contribution is -0.122. The fourth-order valence-corrected chi connectivity index (χ4v) is 2.95. The van der Waals surface area contributed by atoms with Crippen LogP contribution in [0.2, 0.25) is 10.0 Å². The summed E-state index contributed by atoms with van der Waals surface area (Å²) in [5.74, 6) is -1.12. The van der Waals surface area contributed by atoms with Crippen molar-refractivity contribution in [3.05, 3.63) is 33.8 Å². The van der Waals surface area contributed by atoms with Gasteiger partial charge in [-0.1, -0.05) is 46.4 Å². The molecule has 0 radical (unpaired) electrons. The van der Waals surface area contributed by atoms with E-state index in [9.17, 15) is 9.59 Å². The standard InChI is InChI=1S/C12H10BrCl4NO2/c1-11(2,10(20)12(13,16)17)18-9(19)6-3-7(14)5-8(15)4-6/h3-5H,1-2H3,(H,18,19). The molecule has 0 aliphatic carbocycles. The van der Waals surface area contributed by atoms with Crippen LogP contribution >= 0.6 is 62.3 Å². The summed E-state index contributed by atoms with van der Waals surface area (Å²) < 4.78 is -1.78. The molecule has 0 bridgehead atoms. The fourth-order valence-electron chi connectivity index (χ4n) is 1.45. The van der Waals surface area contributed by atoms with Crippen molar-refractivity contribution < 1.29 is 9.59 Å². The van der Waals surface area contributed by atoms with Crippen molar-refractivity contribution in [1.82, 2.24) is 5.32 Å².